The van der Waals surface area contributed by atoms with Crippen molar-refractivity contribution in [2.75, 3.05) is 24.4 Å². The van der Waals surface area contributed by atoms with Crippen LogP contribution in [0.1, 0.15) is 71.3 Å². The van der Waals surface area contributed by atoms with E-state index in [-0.39, 0.29) is 43.8 Å². The quantitative estimate of drug-likeness (QED) is 0.0288. The average molecular weight is 1110 g/mol. The number of para-hydroxylation sites is 1. The first-order valence-electron chi connectivity index (χ1n) is 23.9. The third kappa shape index (κ3) is 22.1. The van der Waals surface area contributed by atoms with Crippen LogP contribution in [-0.4, -0.2) is 181 Å². The third-order valence-corrected chi connectivity index (χ3v) is 12.3. The van der Waals surface area contributed by atoms with E-state index in [0.717, 1.165) is 6.92 Å². The minimum Gasteiger partial charge on any atom is -0.481 e. The standard InChI is InChI=1S/C46H70N12O16S2/c1-21(2)15-30(54-39(66)27(9-11-34(48)61)51-38(65)25(47)19-59)42(69)52-28(10-12-36(63)64)40(67)57-33(20-75)44(71)53-29(13-14-76-4)41(68)58-37(22(3)60)45(72)55-31(43(70)56-32(46(73)74)17-35(49)62)16-23-18-50-26-8-6-5-7-24(23)26/h5-8,18,21-22,25,27-33,37,50,59-60,75H,9-17,19-20,47H2,1-4H3,(H2,48,61)(H2,49,62)(H,51,65)(H,52,69)(H,53,71)(H,54,66)(H,55,72)(H,56,70)(H,57,67)(H,58,68)(H,63,64)(H,73,74)/t22-,25+,27+,28+,29+,30+,31+,32+,33+,37+/m1/s1. The fraction of sp³-hybridized carbons (Fsp3) is 0.565. The first-order chi connectivity index (χ1) is 35.7. The van der Waals surface area contributed by atoms with Gasteiger partial charge in [-0.2, -0.15) is 24.4 Å². The number of carbonyl (C=O) groups excluding carboxylic acids is 10. The van der Waals surface area contributed by atoms with E-state index < -0.39 is 163 Å². The highest BCUT2D eigenvalue weighted by Gasteiger charge is 2.37. The van der Waals surface area contributed by atoms with E-state index in [1.807, 2.05) is 0 Å². The van der Waals surface area contributed by atoms with E-state index in [0.29, 0.717) is 16.5 Å². The van der Waals surface area contributed by atoms with Crippen molar-refractivity contribution in [3.63, 3.8) is 0 Å². The second kappa shape index (κ2) is 32.4. The molecule has 2 aromatic rings. The lowest BCUT2D eigenvalue weighted by molar-refractivity contribution is -0.144. The van der Waals surface area contributed by atoms with Gasteiger partial charge in [-0.15, -0.1) is 0 Å². The summed E-state index contributed by atoms with van der Waals surface area (Å²) in [6.45, 7) is 3.74. The Labute approximate surface area is 446 Å². The number of benzene rings is 1. The number of aliphatic carboxylic acids is 2. The van der Waals surface area contributed by atoms with Crippen LogP contribution < -0.4 is 59.7 Å². The second-order valence-electron chi connectivity index (χ2n) is 18.0. The lowest BCUT2D eigenvalue weighted by Crippen LogP contribution is -2.62. The maximum atomic E-state index is 14.0. The van der Waals surface area contributed by atoms with E-state index in [1.165, 1.54) is 11.8 Å². The number of primary amides is 2. The first kappa shape index (κ1) is 65.1. The van der Waals surface area contributed by atoms with Gasteiger partial charge in [-0.05, 0) is 62.2 Å². The molecule has 0 unspecified atom stereocenters. The third-order valence-electron chi connectivity index (χ3n) is 11.3. The van der Waals surface area contributed by atoms with Crippen molar-refractivity contribution in [2.45, 2.75) is 133 Å². The van der Waals surface area contributed by atoms with E-state index in [2.05, 4.69) is 60.1 Å². The number of hydrogen-bond donors (Lipinski definition) is 17. The van der Waals surface area contributed by atoms with Crippen molar-refractivity contribution >= 4 is 106 Å². The minimum absolute atomic E-state index is 0.0667. The number of carbonyl (C=O) groups is 12. The smallest absolute Gasteiger partial charge is 0.326 e. The Kier molecular flexibility index (Phi) is 27.8. The molecule has 2 rings (SSSR count). The Morgan fingerprint density at radius 1 is 0.632 bits per heavy atom. The number of H-pyrrole nitrogens is 1. The molecule has 422 valence electrons. The van der Waals surface area contributed by atoms with Crippen LogP contribution in [0.15, 0.2) is 30.5 Å². The predicted molar refractivity (Wildman–Crippen MR) is 277 cm³/mol. The van der Waals surface area contributed by atoms with Crippen molar-refractivity contribution in [1.82, 2.24) is 47.5 Å². The molecule has 0 fully saturated rings. The summed E-state index contributed by atoms with van der Waals surface area (Å²) in [5, 5.41) is 58.9. The van der Waals surface area contributed by atoms with Gasteiger partial charge in [-0.25, -0.2) is 4.79 Å². The number of nitrogens with one attached hydrogen (secondary N) is 9. The highest BCUT2D eigenvalue weighted by molar-refractivity contribution is 7.98. The fourth-order valence-corrected chi connectivity index (χ4v) is 8.00. The molecule has 28 nitrogen and oxygen atoms in total. The number of rotatable bonds is 35. The van der Waals surface area contributed by atoms with Crippen LogP contribution in [0, 0.1) is 5.92 Å². The van der Waals surface area contributed by atoms with Gasteiger partial charge in [-0.3, -0.25) is 52.7 Å². The van der Waals surface area contributed by atoms with Gasteiger partial charge >= 0.3 is 11.9 Å². The molecule has 10 amide bonds. The molecule has 10 atom stereocenters. The van der Waals surface area contributed by atoms with Gasteiger partial charge in [0, 0.05) is 42.1 Å². The van der Waals surface area contributed by atoms with Crippen molar-refractivity contribution in [1.29, 1.82) is 0 Å². The molecular formula is C46H70N12O16S2. The zero-order valence-electron chi connectivity index (χ0n) is 42.3. The van der Waals surface area contributed by atoms with Crippen LogP contribution >= 0.6 is 24.4 Å². The van der Waals surface area contributed by atoms with Crippen LogP contribution in [0.2, 0.25) is 0 Å². The van der Waals surface area contributed by atoms with Crippen molar-refractivity contribution in [3.8, 4) is 0 Å². The summed E-state index contributed by atoms with van der Waals surface area (Å²) in [6, 6.07) is -7.30. The molecule has 0 spiro atoms. The Bertz CT molecular complexity index is 2390. The van der Waals surface area contributed by atoms with Gasteiger partial charge in [0.05, 0.1) is 19.1 Å². The number of nitrogens with two attached hydrogens (primary N) is 3. The number of carboxylic acid groups (broad SMARTS) is 2. The van der Waals surface area contributed by atoms with Crippen LogP contribution in [0.4, 0.5) is 0 Å². The number of fused-ring (bicyclic) bond motifs is 1. The normalized spacial score (nSPS) is 15.1. The number of aromatic amines is 1. The van der Waals surface area contributed by atoms with Crippen LogP contribution in [0.3, 0.4) is 0 Å². The summed E-state index contributed by atoms with van der Waals surface area (Å²) in [5.74, 6) is -13.6. The van der Waals surface area contributed by atoms with Crippen LogP contribution in [0.25, 0.3) is 10.9 Å². The fourth-order valence-electron chi connectivity index (χ4n) is 7.27. The van der Waals surface area contributed by atoms with Crippen molar-refractivity contribution in [2.24, 2.45) is 23.1 Å². The second-order valence-corrected chi connectivity index (χ2v) is 19.4. The molecule has 0 aliphatic carbocycles. The largest absolute Gasteiger partial charge is 0.481 e. The highest BCUT2D eigenvalue weighted by atomic mass is 32.2. The number of carboxylic acids is 2. The maximum absolute atomic E-state index is 14.0. The lowest BCUT2D eigenvalue weighted by Gasteiger charge is -2.28. The van der Waals surface area contributed by atoms with E-state index >= 15 is 0 Å². The number of hydrogen-bond acceptors (Lipinski definition) is 17. The molecule has 0 aliphatic rings. The van der Waals surface area contributed by atoms with E-state index in [9.17, 15) is 78.0 Å². The molecule has 0 saturated heterocycles. The van der Waals surface area contributed by atoms with Crippen LogP contribution in [-0.2, 0) is 64.0 Å². The summed E-state index contributed by atoms with van der Waals surface area (Å²) in [6.07, 6.45) is -1.55. The summed E-state index contributed by atoms with van der Waals surface area (Å²) in [7, 11) is 0. The number of amides is 10. The highest BCUT2D eigenvalue weighted by Crippen LogP contribution is 2.20. The Hall–Kier alpha value is -7.02. The number of thioether (sulfide) groups is 1. The maximum Gasteiger partial charge on any atom is 0.326 e. The Morgan fingerprint density at radius 2 is 1.12 bits per heavy atom. The molecule has 0 aliphatic heterocycles. The zero-order chi connectivity index (χ0) is 57.4. The SMILES string of the molecule is CSCC[C@H](NC(=O)[C@H](CS)NC(=O)[C@H](CCC(=O)O)NC(=O)[C@H](CC(C)C)NC(=O)[C@H](CCC(N)=O)NC(=O)[C@@H](N)CO)C(=O)N[C@H](C(=O)N[C@@H](Cc1c[nH]c2ccccc12)C(=O)N[C@@H](CC(N)=O)C(=O)O)[C@@H](C)O. The first-order valence-corrected chi connectivity index (χ1v) is 25.9. The Morgan fingerprint density at radius 3 is 1.64 bits per heavy atom. The zero-order valence-corrected chi connectivity index (χ0v) is 44.0. The predicted octanol–water partition coefficient (Wildman–Crippen LogP) is -4.89. The lowest BCUT2D eigenvalue weighted by atomic mass is 10.0. The molecule has 1 aromatic carbocycles. The molecule has 1 aromatic heterocycles. The molecule has 0 bridgehead atoms. The number of aromatic nitrogens is 1. The number of thiol groups is 1. The van der Waals surface area contributed by atoms with Gasteiger partial charge in [-0.1, -0.05) is 32.0 Å². The van der Waals surface area contributed by atoms with Gasteiger partial charge in [0.1, 0.15) is 54.4 Å². The molecular weight excluding hydrogens is 1040 g/mol. The van der Waals surface area contributed by atoms with Crippen LogP contribution in [0.5, 0.6) is 0 Å². The van der Waals surface area contributed by atoms with Gasteiger partial charge < -0.3 is 85.1 Å². The van der Waals surface area contributed by atoms with Gasteiger partial charge in [0.25, 0.3) is 0 Å². The number of aliphatic hydroxyl groups is 2. The molecule has 0 radical (unpaired) electrons. The van der Waals surface area contributed by atoms with Crippen molar-refractivity contribution < 1.29 is 78.0 Å². The number of aliphatic hydroxyl groups excluding tert-OH is 2. The summed E-state index contributed by atoms with van der Waals surface area (Å²) in [5.41, 5.74) is 17.2. The molecule has 30 heteroatoms. The summed E-state index contributed by atoms with van der Waals surface area (Å²) < 4.78 is 0. The molecule has 1 heterocycles. The van der Waals surface area contributed by atoms with Crippen molar-refractivity contribution in [3.05, 3.63) is 36.0 Å². The minimum atomic E-state index is -1.81. The Balaban J connectivity index is 2.38. The van der Waals surface area contributed by atoms with Gasteiger partial charge in [0.15, 0.2) is 0 Å². The topological polar surface area (TPSA) is 476 Å². The summed E-state index contributed by atoms with van der Waals surface area (Å²) >= 11 is 5.45. The molecule has 0 saturated carbocycles. The molecule has 76 heavy (non-hydrogen) atoms. The van der Waals surface area contributed by atoms with E-state index in [1.54, 1.807) is 50.6 Å². The monoisotopic (exact) mass is 1110 g/mol. The van der Waals surface area contributed by atoms with E-state index in [4.69, 9.17) is 17.2 Å². The molecule has 19 N–H and O–H groups in total. The average Bonchev–Trinajstić information content (AvgIpc) is 3.76. The van der Waals surface area contributed by atoms with Gasteiger partial charge in [0.2, 0.25) is 59.1 Å². The summed E-state index contributed by atoms with van der Waals surface area (Å²) in [4.78, 5) is 159.